The molecule has 0 bridgehead atoms. The summed E-state index contributed by atoms with van der Waals surface area (Å²) in [6.07, 6.45) is 1.21. The number of ether oxygens (including phenoxy) is 4. The number of thioether (sulfide) groups is 1. The Hall–Kier alpha value is -7.97. The van der Waals surface area contributed by atoms with Crippen LogP contribution in [-0.4, -0.2) is 90.4 Å². The third kappa shape index (κ3) is 13.4. The number of benzene rings is 5. The number of hydrogen-bond donors (Lipinski definition) is 3. The van der Waals surface area contributed by atoms with Crippen molar-refractivity contribution in [3.8, 4) is 34.0 Å². The van der Waals surface area contributed by atoms with E-state index in [2.05, 4.69) is 38.2 Å². The van der Waals surface area contributed by atoms with Crippen LogP contribution in [0.25, 0.3) is 22.5 Å². The summed E-state index contributed by atoms with van der Waals surface area (Å²) in [5, 5.41) is 18.9. The molecule has 20 heteroatoms. The molecule has 0 saturated carbocycles. The number of hydrogen-bond acceptors (Lipinski definition) is 15. The number of imidazole rings is 1. The molecule has 3 heterocycles. The largest absolute Gasteiger partial charge is 0.487 e. The lowest BCUT2D eigenvalue weighted by Gasteiger charge is -2.26. The van der Waals surface area contributed by atoms with Crippen LogP contribution >= 0.6 is 23.5 Å². The predicted molar refractivity (Wildman–Crippen MR) is 281 cm³/mol. The number of amides is 4. The highest BCUT2D eigenvalue weighted by Crippen LogP contribution is 2.37. The topological polar surface area (TPSA) is 222 Å². The van der Waals surface area contributed by atoms with Gasteiger partial charge in [-0.3, -0.25) is 24.6 Å². The molecule has 1 aliphatic heterocycles. The van der Waals surface area contributed by atoms with Crippen molar-refractivity contribution in [1.82, 2.24) is 35.5 Å². The quantitative estimate of drug-likeness (QED) is 0.0605. The number of H-pyrrole nitrogens is 1. The van der Waals surface area contributed by atoms with Crippen molar-refractivity contribution in [3.63, 3.8) is 0 Å². The molecular weight excluding hydrogens is 983 g/mol. The average molecular weight is 1040 g/mol. The van der Waals surface area contributed by atoms with E-state index >= 15 is 0 Å². The summed E-state index contributed by atoms with van der Waals surface area (Å²) in [4.78, 5) is 71.7. The van der Waals surface area contributed by atoms with Crippen LogP contribution in [0.15, 0.2) is 125 Å². The van der Waals surface area contributed by atoms with Crippen LogP contribution in [0, 0.1) is 0 Å². The van der Waals surface area contributed by atoms with Gasteiger partial charge in [0.25, 0.3) is 11.1 Å². The molecule has 382 valence electrons. The van der Waals surface area contributed by atoms with Crippen molar-refractivity contribution >= 4 is 64.0 Å². The van der Waals surface area contributed by atoms with Gasteiger partial charge in [-0.15, -0.1) is 10.2 Å². The summed E-state index contributed by atoms with van der Waals surface area (Å²) >= 11 is 2.40. The van der Waals surface area contributed by atoms with Gasteiger partial charge in [-0.1, -0.05) is 91.1 Å². The SMILES string of the molecule is CCCc1nc(COc2ccc(Sc3ccc(NC(=O)COc4ccc(CC5SC(=O)NC5=O)cc4)c(N(C)C(=O)OC(C)(C)C)c3)cc2)c(C(=O)OCC)n1Cc1ccc(-c2ccccc2-c2nn[nH]n2)cc1. The molecule has 1 fully saturated rings. The standard InChI is InChI=1S/C54H55N9O9S2/c1-7-11-46-55-43(48(51(66)69-8-2)63(46)30-34-14-18-35(19-15-34)40-12-9-10-13-41(40)49-58-60-61-59-49)31-70-37-22-24-38(25-23-37)73-39-26-27-42(44(29-39)62(6)53(68)72-54(3,4)5)56-47(64)32-71-36-20-16-33(17-21-36)28-45-50(65)57-52(67)74-45/h9-10,12-27,29,45H,7-8,11,28,30-32H2,1-6H3,(H,56,64)(H,57,65,67)(H,58,59,60,61). The van der Waals surface area contributed by atoms with Crippen LogP contribution in [0.3, 0.4) is 0 Å². The van der Waals surface area contributed by atoms with Crippen LogP contribution < -0.4 is 25.0 Å². The zero-order valence-corrected chi connectivity index (χ0v) is 43.3. The minimum Gasteiger partial charge on any atom is -0.487 e. The van der Waals surface area contributed by atoms with Crippen molar-refractivity contribution in [2.45, 2.75) is 87.7 Å². The van der Waals surface area contributed by atoms with Gasteiger partial charge in [-0.25, -0.2) is 14.6 Å². The summed E-state index contributed by atoms with van der Waals surface area (Å²) < 4.78 is 25.2. The van der Waals surface area contributed by atoms with Crippen LogP contribution in [0.1, 0.15) is 74.2 Å². The first-order chi connectivity index (χ1) is 35.6. The minimum absolute atomic E-state index is 0.0199. The second-order valence-electron chi connectivity index (χ2n) is 18.0. The van der Waals surface area contributed by atoms with Crippen molar-refractivity contribution in [2.75, 3.05) is 30.5 Å². The third-order valence-corrected chi connectivity index (χ3v) is 13.3. The van der Waals surface area contributed by atoms with Gasteiger partial charge in [0.2, 0.25) is 11.7 Å². The fourth-order valence-corrected chi connectivity index (χ4v) is 9.63. The maximum absolute atomic E-state index is 13.7. The summed E-state index contributed by atoms with van der Waals surface area (Å²) in [5.41, 5.74) is 5.39. The highest BCUT2D eigenvalue weighted by Gasteiger charge is 2.32. The monoisotopic (exact) mass is 1040 g/mol. The van der Waals surface area contributed by atoms with E-state index < -0.39 is 28.8 Å². The zero-order valence-electron chi connectivity index (χ0n) is 41.7. The smallest absolute Gasteiger partial charge is 0.414 e. The molecule has 5 aromatic carbocycles. The van der Waals surface area contributed by atoms with Crippen LogP contribution in [0.5, 0.6) is 11.5 Å². The minimum atomic E-state index is -0.771. The molecule has 18 nitrogen and oxygen atoms in total. The van der Waals surface area contributed by atoms with E-state index in [1.165, 1.54) is 16.7 Å². The number of tetrazole rings is 1. The maximum Gasteiger partial charge on any atom is 0.414 e. The predicted octanol–water partition coefficient (Wildman–Crippen LogP) is 9.92. The Morgan fingerprint density at radius 2 is 1.54 bits per heavy atom. The number of imide groups is 1. The molecule has 1 saturated heterocycles. The highest BCUT2D eigenvalue weighted by atomic mass is 32.2. The number of carbonyl (C=O) groups is 5. The van der Waals surface area contributed by atoms with E-state index in [0.717, 1.165) is 61.6 Å². The molecule has 0 aliphatic carbocycles. The first kappa shape index (κ1) is 52.4. The van der Waals surface area contributed by atoms with Gasteiger partial charge in [0.15, 0.2) is 12.3 Å². The van der Waals surface area contributed by atoms with Crippen molar-refractivity contribution in [2.24, 2.45) is 0 Å². The molecule has 74 heavy (non-hydrogen) atoms. The lowest BCUT2D eigenvalue weighted by atomic mass is 9.98. The molecule has 2 aromatic heterocycles. The molecule has 0 spiro atoms. The van der Waals surface area contributed by atoms with Crippen LogP contribution in [0.2, 0.25) is 0 Å². The Bertz CT molecular complexity index is 3120. The summed E-state index contributed by atoms with van der Waals surface area (Å²) in [6, 6.07) is 35.8. The molecule has 1 atom stereocenters. The second kappa shape index (κ2) is 23.7. The Morgan fingerprint density at radius 3 is 2.20 bits per heavy atom. The number of aromatic amines is 1. The first-order valence-corrected chi connectivity index (χ1v) is 25.6. The van der Waals surface area contributed by atoms with Gasteiger partial charge >= 0.3 is 12.1 Å². The number of anilines is 2. The molecule has 1 unspecified atom stereocenters. The van der Waals surface area contributed by atoms with Crippen LogP contribution in [-0.2, 0) is 45.1 Å². The lowest BCUT2D eigenvalue weighted by molar-refractivity contribution is -0.119. The normalized spacial score (nSPS) is 13.3. The number of carbonyl (C=O) groups excluding carboxylic acids is 5. The highest BCUT2D eigenvalue weighted by molar-refractivity contribution is 8.15. The number of nitrogens with one attached hydrogen (secondary N) is 3. The second-order valence-corrected chi connectivity index (χ2v) is 20.3. The Morgan fingerprint density at radius 1 is 0.851 bits per heavy atom. The lowest BCUT2D eigenvalue weighted by Crippen LogP contribution is -2.34. The van der Waals surface area contributed by atoms with Crippen molar-refractivity contribution in [1.29, 1.82) is 0 Å². The third-order valence-electron chi connectivity index (χ3n) is 11.4. The van der Waals surface area contributed by atoms with E-state index in [-0.39, 0.29) is 31.0 Å². The van der Waals surface area contributed by atoms with E-state index in [0.29, 0.717) is 59.5 Å². The molecule has 0 radical (unpaired) electrons. The fraction of sp³-hybridized carbons (Fsp3) is 0.278. The number of rotatable bonds is 20. The van der Waals surface area contributed by atoms with Gasteiger partial charge in [0.1, 0.15) is 35.2 Å². The fourth-order valence-electron chi connectivity index (χ4n) is 7.92. The van der Waals surface area contributed by atoms with Gasteiger partial charge in [0.05, 0.1) is 23.2 Å². The number of esters is 1. The Kier molecular flexibility index (Phi) is 16.8. The van der Waals surface area contributed by atoms with E-state index in [1.807, 2.05) is 83.4 Å². The van der Waals surface area contributed by atoms with Gasteiger partial charge in [-0.2, -0.15) is 5.21 Å². The zero-order chi connectivity index (χ0) is 52.4. The van der Waals surface area contributed by atoms with E-state index in [9.17, 15) is 24.0 Å². The van der Waals surface area contributed by atoms with Gasteiger partial charge in [-0.05, 0) is 123 Å². The number of nitrogens with zero attached hydrogens (tertiary/aromatic N) is 6. The Labute approximate surface area is 436 Å². The summed E-state index contributed by atoms with van der Waals surface area (Å²) in [6.45, 7) is 9.44. The van der Waals surface area contributed by atoms with Crippen molar-refractivity contribution in [3.05, 3.63) is 144 Å². The van der Waals surface area contributed by atoms with Gasteiger partial charge < -0.3 is 28.8 Å². The number of aromatic nitrogens is 6. The summed E-state index contributed by atoms with van der Waals surface area (Å²) in [7, 11) is 1.57. The van der Waals surface area contributed by atoms with Gasteiger partial charge in [0, 0.05) is 35.4 Å². The molecule has 3 N–H and O–H groups in total. The first-order valence-electron chi connectivity index (χ1n) is 23.9. The molecule has 7 aromatic rings. The van der Waals surface area contributed by atoms with Crippen molar-refractivity contribution < 1.29 is 42.9 Å². The maximum atomic E-state index is 13.7. The van der Waals surface area contributed by atoms with E-state index in [4.69, 9.17) is 23.9 Å². The molecule has 4 amide bonds. The van der Waals surface area contributed by atoms with E-state index in [1.54, 1.807) is 71.1 Å². The Balaban J connectivity index is 0.937. The molecule has 1 aliphatic rings. The number of aryl methyl sites for hydroxylation is 1. The average Bonchev–Trinajstić information content (AvgIpc) is 4.12. The van der Waals surface area contributed by atoms with Crippen LogP contribution in [0.4, 0.5) is 21.0 Å². The summed E-state index contributed by atoms with van der Waals surface area (Å²) in [5.74, 6) is 0.990. The molecule has 8 rings (SSSR count). The molecular formula is C54H55N9O9S2.